The van der Waals surface area contributed by atoms with Gasteiger partial charge in [0.15, 0.2) is 0 Å². The lowest BCUT2D eigenvalue weighted by molar-refractivity contribution is 0.313. The topological polar surface area (TPSA) is 41.0 Å². The van der Waals surface area contributed by atoms with E-state index in [1.165, 1.54) is 12.8 Å². The van der Waals surface area contributed by atoms with Gasteiger partial charge in [-0.3, -0.25) is 0 Å². The van der Waals surface area contributed by atoms with E-state index in [-0.39, 0.29) is 0 Å². The first kappa shape index (κ1) is 14.3. The second-order valence-electron chi connectivity index (χ2n) is 5.62. The van der Waals surface area contributed by atoms with Gasteiger partial charge in [0.2, 0.25) is 5.95 Å². The van der Waals surface area contributed by atoms with E-state index in [0.717, 1.165) is 42.9 Å². The normalized spacial score (nSPS) is 18.6. The maximum atomic E-state index is 4.56. The number of nitrogens with zero attached hydrogens (tertiary/aromatic N) is 3. The van der Waals surface area contributed by atoms with Gasteiger partial charge in [-0.15, -0.1) is 0 Å². The van der Waals surface area contributed by atoms with Crippen molar-refractivity contribution in [2.75, 3.05) is 24.5 Å². The van der Waals surface area contributed by atoms with Gasteiger partial charge in [0.1, 0.15) is 0 Å². The molecular weight excluding hydrogens is 236 g/mol. The van der Waals surface area contributed by atoms with E-state index in [2.05, 4.69) is 34.0 Å². The van der Waals surface area contributed by atoms with Crippen molar-refractivity contribution < 1.29 is 0 Å². The Hall–Kier alpha value is -1.16. The molecule has 0 bridgehead atoms. The van der Waals surface area contributed by atoms with Crippen LogP contribution >= 0.6 is 0 Å². The highest BCUT2D eigenvalue weighted by Gasteiger charge is 2.24. The fourth-order valence-corrected chi connectivity index (χ4v) is 2.94. The highest BCUT2D eigenvalue weighted by molar-refractivity contribution is 5.32. The van der Waals surface area contributed by atoms with Gasteiger partial charge < -0.3 is 10.2 Å². The van der Waals surface area contributed by atoms with E-state index in [4.69, 9.17) is 0 Å². The largest absolute Gasteiger partial charge is 0.341 e. The second-order valence-corrected chi connectivity index (χ2v) is 5.62. The van der Waals surface area contributed by atoms with Crippen molar-refractivity contribution in [3.05, 3.63) is 17.5 Å². The van der Waals surface area contributed by atoms with Gasteiger partial charge in [0.05, 0.1) is 0 Å². The molecule has 1 N–H and O–H groups in total. The minimum Gasteiger partial charge on any atom is -0.341 e. The van der Waals surface area contributed by atoms with Gasteiger partial charge in [0.25, 0.3) is 0 Å². The lowest BCUT2D eigenvalue weighted by Crippen LogP contribution is -2.42. The number of hydrogen-bond acceptors (Lipinski definition) is 4. The van der Waals surface area contributed by atoms with Crippen LogP contribution in [-0.4, -0.2) is 35.6 Å². The number of aromatic nitrogens is 2. The Kier molecular flexibility index (Phi) is 4.75. The molecule has 0 amide bonds. The summed E-state index contributed by atoms with van der Waals surface area (Å²) < 4.78 is 0. The molecule has 0 saturated carbocycles. The molecule has 2 rings (SSSR count). The monoisotopic (exact) mass is 262 g/mol. The first-order chi connectivity index (χ1) is 9.10. The molecule has 1 fully saturated rings. The third-order valence-corrected chi connectivity index (χ3v) is 4.03. The Bertz CT molecular complexity index is 390. The molecule has 1 atom stereocenters. The average Bonchev–Trinajstić information content (AvgIpc) is 2.38. The van der Waals surface area contributed by atoms with Crippen molar-refractivity contribution in [2.45, 2.75) is 46.6 Å². The molecule has 2 heterocycles. The van der Waals surface area contributed by atoms with Crippen LogP contribution < -0.4 is 10.2 Å². The molecule has 4 nitrogen and oxygen atoms in total. The van der Waals surface area contributed by atoms with Crippen LogP contribution in [0.3, 0.4) is 0 Å². The van der Waals surface area contributed by atoms with Crippen LogP contribution in [0.5, 0.6) is 0 Å². The average molecular weight is 262 g/mol. The number of anilines is 1. The third kappa shape index (κ3) is 3.66. The number of rotatable bonds is 4. The molecule has 106 valence electrons. The standard InChI is InChI=1S/C15H26N4/c1-5-16-13(4)14-6-8-19(9-7-14)15-17-11(2)10-12(3)18-15/h10,13-14,16H,5-9H2,1-4H3. The van der Waals surface area contributed by atoms with E-state index >= 15 is 0 Å². The SMILES string of the molecule is CCNC(C)C1CCN(c2nc(C)cc(C)n2)CC1. The summed E-state index contributed by atoms with van der Waals surface area (Å²) in [5.74, 6) is 1.69. The van der Waals surface area contributed by atoms with Crippen LogP contribution in [0.4, 0.5) is 5.95 Å². The number of aryl methyl sites for hydroxylation is 2. The quantitative estimate of drug-likeness (QED) is 0.904. The van der Waals surface area contributed by atoms with Gasteiger partial charge in [0, 0.05) is 30.5 Å². The summed E-state index contributed by atoms with van der Waals surface area (Å²) >= 11 is 0. The van der Waals surface area contributed by atoms with E-state index in [0.29, 0.717) is 6.04 Å². The van der Waals surface area contributed by atoms with Gasteiger partial charge in [-0.2, -0.15) is 0 Å². The number of hydrogen-bond donors (Lipinski definition) is 1. The summed E-state index contributed by atoms with van der Waals surface area (Å²) in [6, 6.07) is 2.65. The van der Waals surface area contributed by atoms with Crippen molar-refractivity contribution in [3.8, 4) is 0 Å². The number of nitrogens with one attached hydrogen (secondary N) is 1. The molecule has 1 aliphatic heterocycles. The highest BCUT2D eigenvalue weighted by Crippen LogP contribution is 2.23. The van der Waals surface area contributed by atoms with Crippen molar-refractivity contribution in [2.24, 2.45) is 5.92 Å². The first-order valence-electron chi connectivity index (χ1n) is 7.40. The van der Waals surface area contributed by atoms with Gasteiger partial charge in [-0.1, -0.05) is 6.92 Å². The second kappa shape index (κ2) is 6.33. The van der Waals surface area contributed by atoms with Crippen LogP contribution in [0.1, 0.15) is 38.1 Å². The van der Waals surface area contributed by atoms with Gasteiger partial charge in [-0.05, 0) is 52.1 Å². The summed E-state index contributed by atoms with van der Waals surface area (Å²) in [4.78, 5) is 11.5. The summed E-state index contributed by atoms with van der Waals surface area (Å²) in [7, 11) is 0. The van der Waals surface area contributed by atoms with Crippen LogP contribution in [0.15, 0.2) is 6.07 Å². The smallest absolute Gasteiger partial charge is 0.225 e. The van der Waals surface area contributed by atoms with E-state index in [1.54, 1.807) is 0 Å². The number of piperidine rings is 1. The van der Waals surface area contributed by atoms with Gasteiger partial charge >= 0.3 is 0 Å². The molecule has 1 aliphatic rings. The van der Waals surface area contributed by atoms with Crippen molar-refractivity contribution in [3.63, 3.8) is 0 Å². The zero-order chi connectivity index (χ0) is 13.8. The predicted molar refractivity (Wildman–Crippen MR) is 79.6 cm³/mol. The Morgan fingerprint density at radius 3 is 2.37 bits per heavy atom. The Labute approximate surface area is 116 Å². The van der Waals surface area contributed by atoms with Gasteiger partial charge in [-0.25, -0.2) is 9.97 Å². The molecule has 19 heavy (non-hydrogen) atoms. The van der Waals surface area contributed by atoms with E-state index < -0.39 is 0 Å². The molecule has 0 aromatic carbocycles. The maximum absolute atomic E-state index is 4.56. The Morgan fingerprint density at radius 2 is 1.84 bits per heavy atom. The van der Waals surface area contributed by atoms with E-state index in [9.17, 15) is 0 Å². The molecule has 0 radical (unpaired) electrons. The third-order valence-electron chi connectivity index (χ3n) is 4.03. The minimum absolute atomic E-state index is 0.618. The summed E-state index contributed by atoms with van der Waals surface area (Å²) in [5, 5.41) is 3.54. The fourth-order valence-electron chi connectivity index (χ4n) is 2.94. The van der Waals surface area contributed by atoms with Crippen LogP contribution in [-0.2, 0) is 0 Å². The molecule has 0 spiro atoms. The molecule has 4 heteroatoms. The first-order valence-corrected chi connectivity index (χ1v) is 7.40. The zero-order valence-electron chi connectivity index (χ0n) is 12.6. The van der Waals surface area contributed by atoms with E-state index in [1.807, 2.05) is 19.9 Å². The van der Waals surface area contributed by atoms with Crippen molar-refractivity contribution >= 4 is 5.95 Å². The molecular formula is C15H26N4. The maximum Gasteiger partial charge on any atom is 0.225 e. The minimum atomic E-state index is 0.618. The Morgan fingerprint density at radius 1 is 1.26 bits per heavy atom. The highest BCUT2D eigenvalue weighted by atomic mass is 15.3. The van der Waals surface area contributed by atoms with Crippen molar-refractivity contribution in [1.29, 1.82) is 0 Å². The molecule has 1 aromatic rings. The lowest BCUT2D eigenvalue weighted by Gasteiger charge is -2.35. The predicted octanol–water partition coefficient (Wildman–Crippen LogP) is 2.31. The summed E-state index contributed by atoms with van der Waals surface area (Å²) in [6.07, 6.45) is 2.45. The molecule has 1 aromatic heterocycles. The molecule has 1 unspecified atom stereocenters. The lowest BCUT2D eigenvalue weighted by atomic mass is 9.90. The van der Waals surface area contributed by atoms with Crippen molar-refractivity contribution in [1.82, 2.24) is 15.3 Å². The zero-order valence-corrected chi connectivity index (χ0v) is 12.6. The van der Waals surface area contributed by atoms with Crippen LogP contribution in [0.25, 0.3) is 0 Å². The van der Waals surface area contributed by atoms with Crippen LogP contribution in [0, 0.1) is 19.8 Å². The molecule has 1 saturated heterocycles. The van der Waals surface area contributed by atoms with Crippen LogP contribution in [0.2, 0.25) is 0 Å². The Balaban J connectivity index is 1.96. The molecule has 0 aliphatic carbocycles. The summed E-state index contributed by atoms with van der Waals surface area (Å²) in [6.45, 7) is 11.8. The fraction of sp³-hybridized carbons (Fsp3) is 0.733. The summed E-state index contributed by atoms with van der Waals surface area (Å²) in [5.41, 5.74) is 2.12.